The number of rotatable bonds is 2. The molecule has 0 aromatic rings. The van der Waals surface area contributed by atoms with Gasteiger partial charge >= 0.3 is 0 Å². The topological polar surface area (TPSA) is 12.5 Å². The summed E-state index contributed by atoms with van der Waals surface area (Å²) in [7, 11) is 0. The van der Waals surface area contributed by atoms with Gasteiger partial charge in [0.2, 0.25) is 0 Å². The van der Waals surface area contributed by atoms with Crippen LogP contribution >= 0.6 is 0 Å². The molecular weight excluding hydrogens is 162 g/mol. The van der Waals surface area contributed by atoms with Gasteiger partial charge in [-0.1, -0.05) is 20.3 Å². The number of fused-ring (bicyclic) bond motifs is 2. The Labute approximate surface area is 81.3 Å². The highest BCUT2D eigenvalue weighted by molar-refractivity contribution is 4.88. The lowest BCUT2D eigenvalue weighted by Gasteiger charge is -2.46. The van der Waals surface area contributed by atoms with Crippen LogP contribution in [-0.4, -0.2) is 36.7 Å². The third kappa shape index (κ3) is 2.05. The monoisotopic (exact) mass is 183 g/mol. The van der Waals surface area contributed by atoms with Gasteiger partial charge in [0.1, 0.15) is 0 Å². The lowest BCUT2D eigenvalue weighted by Crippen LogP contribution is -2.55. The second kappa shape index (κ2) is 3.97. The normalized spacial score (nSPS) is 35.3. The smallest absolute Gasteiger partial charge is 0.0622 e. The van der Waals surface area contributed by atoms with Gasteiger partial charge in [0.25, 0.3) is 0 Å². The molecule has 2 bridgehead atoms. The zero-order chi connectivity index (χ0) is 9.26. The maximum absolute atomic E-state index is 5.61. The van der Waals surface area contributed by atoms with Crippen LogP contribution in [0, 0.1) is 5.92 Å². The Balaban J connectivity index is 1.98. The van der Waals surface area contributed by atoms with Crippen molar-refractivity contribution in [3.05, 3.63) is 0 Å². The summed E-state index contributed by atoms with van der Waals surface area (Å²) in [5, 5.41) is 0. The van der Waals surface area contributed by atoms with E-state index in [4.69, 9.17) is 4.74 Å². The predicted molar refractivity (Wildman–Crippen MR) is 53.8 cm³/mol. The summed E-state index contributed by atoms with van der Waals surface area (Å²) in [6.45, 7) is 7.83. The third-order valence-corrected chi connectivity index (χ3v) is 3.21. The van der Waals surface area contributed by atoms with Gasteiger partial charge in [-0.15, -0.1) is 0 Å². The van der Waals surface area contributed by atoms with Crippen molar-refractivity contribution in [2.45, 2.75) is 45.2 Å². The Morgan fingerprint density at radius 1 is 1.23 bits per heavy atom. The van der Waals surface area contributed by atoms with Crippen molar-refractivity contribution in [2.75, 3.05) is 19.8 Å². The van der Waals surface area contributed by atoms with E-state index in [0.717, 1.165) is 31.2 Å². The zero-order valence-electron chi connectivity index (χ0n) is 8.83. The quantitative estimate of drug-likeness (QED) is 0.648. The molecule has 0 saturated carbocycles. The summed E-state index contributed by atoms with van der Waals surface area (Å²) in [6.07, 6.45) is 4.11. The molecule has 2 atom stereocenters. The lowest BCUT2D eigenvalue weighted by atomic mass is 9.93. The van der Waals surface area contributed by atoms with Crippen LogP contribution in [0.1, 0.15) is 33.1 Å². The number of hydrogen-bond donors (Lipinski definition) is 0. The summed E-state index contributed by atoms with van der Waals surface area (Å²) < 4.78 is 5.61. The van der Waals surface area contributed by atoms with Crippen LogP contribution in [0.4, 0.5) is 0 Å². The first-order valence-electron chi connectivity index (χ1n) is 5.61. The molecule has 2 unspecified atom stereocenters. The third-order valence-electron chi connectivity index (χ3n) is 3.21. The standard InChI is InChI=1S/C11H21NO/c1-9(2)6-12-10-4-3-5-11(12)8-13-7-10/h9-11H,3-8H2,1-2H3. The van der Waals surface area contributed by atoms with Crippen LogP contribution in [0.25, 0.3) is 0 Å². The van der Waals surface area contributed by atoms with E-state index in [1.54, 1.807) is 0 Å². The van der Waals surface area contributed by atoms with Crippen molar-refractivity contribution in [1.82, 2.24) is 4.90 Å². The summed E-state index contributed by atoms with van der Waals surface area (Å²) in [4.78, 5) is 2.69. The van der Waals surface area contributed by atoms with E-state index in [0.29, 0.717) is 0 Å². The maximum Gasteiger partial charge on any atom is 0.0622 e. The second-order valence-corrected chi connectivity index (χ2v) is 4.87. The van der Waals surface area contributed by atoms with E-state index in [2.05, 4.69) is 18.7 Å². The minimum atomic E-state index is 0.731. The van der Waals surface area contributed by atoms with Crippen LogP contribution in [0.3, 0.4) is 0 Å². The minimum Gasteiger partial charge on any atom is -0.378 e. The Morgan fingerprint density at radius 2 is 1.85 bits per heavy atom. The largest absolute Gasteiger partial charge is 0.378 e. The number of nitrogens with zero attached hydrogens (tertiary/aromatic N) is 1. The average molecular weight is 183 g/mol. The molecule has 2 aliphatic heterocycles. The number of hydrogen-bond acceptors (Lipinski definition) is 2. The molecule has 0 aromatic heterocycles. The van der Waals surface area contributed by atoms with Crippen molar-refractivity contribution >= 4 is 0 Å². The molecule has 76 valence electrons. The van der Waals surface area contributed by atoms with Gasteiger partial charge in [-0.3, -0.25) is 4.90 Å². The Bertz CT molecular complexity index is 147. The molecule has 0 aliphatic carbocycles. The van der Waals surface area contributed by atoms with Crippen molar-refractivity contribution < 1.29 is 4.74 Å². The molecule has 2 nitrogen and oxygen atoms in total. The van der Waals surface area contributed by atoms with E-state index in [9.17, 15) is 0 Å². The summed E-state index contributed by atoms with van der Waals surface area (Å²) in [5.74, 6) is 0.793. The molecule has 0 radical (unpaired) electrons. The molecule has 2 aliphatic rings. The van der Waals surface area contributed by atoms with Crippen molar-refractivity contribution in [3.8, 4) is 0 Å². The Kier molecular flexibility index (Phi) is 2.89. The molecule has 0 spiro atoms. The molecule has 0 aromatic carbocycles. The maximum atomic E-state index is 5.61. The first-order valence-corrected chi connectivity index (χ1v) is 5.61. The molecule has 2 fully saturated rings. The molecule has 2 heteroatoms. The van der Waals surface area contributed by atoms with Gasteiger partial charge in [0, 0.05) is 18.6 Å². The fourth-order valence-electron chi connectivity index (χ4n) is 2.64. The van der Waals surface area contributed by atoms with Crippen LogP contribution in [0.15, 0.2) is 0 Å². The molecule has 0 N–H and O–H groups in total. The first-order chi connectivity index (χ1) is 6.27. The van der Waals surface area contributed by atoms with E-state index < -0.39 is 0 Å². The summed E-state index contributed by atoms with van der Waals surface area (Å²) in [6, 6.07) is 1.46. The predicted octanol–water partition coefficient (Wildman–Crippen LogP) is 1.90. The van der Waals surface area contributed by atoms with Crippen molar-refractivity contribution in [1.29, 1.82) is 0 Å². The second-order valence-electron chi connectivity index (χ2n) is 4.87. The highest BCUT2D eigenvalue weighted by atomic mass is 16.5. The molecule has 2 saturated heterocycles. The fraction of sp³-hybridized carbons (Fsp3) is 1.00. The Morgan fingerprint density at radius 3 is 2.38 bits per heavy atom. The highest BCUT2D eigenvalue weighted by Crippen LogP contribution is 2.27. The minimum absolute atomic E-state index is 0.731. The zero-order valence-corrected chi connectivity index (χ0v) is 8.83. The van der Waals surface area contributed by atoms with E-state index in [1.165, 1.54) is 25.8 Å². The van der Waals surface area contributed by atoms with E-state index >= 15 is 0 Å². The van der Waals surface area contributed by atoms with Crippen LogP contribution < -0.4 is 0 Å². The van der Waals surface area contributed by atoms with Gasteiger partial charge < -0.3 is 4.74 Å². The van der Waals surface area contributed by atoms with Crippen molar-refractivity contribution in [2.24, 2.45) is 5.92 Å². The van der Waals surface area contributed by atoms with Crippen LogP contribution in [0.2, 0.25) is 0 Å². The number of morpholine rings is 1. The molecule has 0 amide bonds. The molecule has 13 heavy (non-hydrogen) atoms. The molecule has 2 rings (SSSR count). The number of ether oxygens (including phenoxy) is 1. The van der Waals surface area contributed by atoms with Crippen LogP contribution in [-0.2, 0) is 4.74 Å². The fourth-order valence-corrected chi connectivity index (χ4v) is 2.64. The van der Waals surface area contributed by atoms with Gasteiger partial charge in [0.15, 0.2) is 0 Å². The molecule has 2 heterocycles. The van der Waals surface area contributed by atoms with Gasteiger partial charge in [-0.05, 0) is 18.8 Å². The average Bonchev–Trinajstić information content (AvgIpc) is 2.02. The first kappa shape index (κ1) is 9.47. The SMILES string of the molecule is CC(C)CN1C2CCCC1COC2. The lowest BCUT2D eigenvalue weighted by molar-refractivity contribution is -0.0772. The number of piperidine rings is 1. The highest BCUT2D eigenvalue weighted by Gasteiger charge is 2.34. The summed E-state index contributed by atoms with van der Waals surface area (Å²) in [5.41, 5.74) is 0. The summed E-state index contributed by atoms with van der Waals surface area (Å²) >= 11 is 0. The van der Waals surface area contributed by atoms with Gasteiger partial charge in [0.05, 0.1) is 13.2 Å². The van der Waals surface area contributed by atoms with Crippen molar-refractivity contribution in [3.63, 3.8) is 0 Å². The van der Waals surface area contributed by atoms with Gasteiger partial charge in [-0.2, -0.15) is 0 Å². The van der Waals surface area contributed by atoms with Gasteiger partial charge in [-0.25, -0.2) is 0 Å². The van der Waals surface area contributed by atoms with Crippen LogP contribution in [0.5, 0.6) is 0 Å². The van der Waals surface area contributed by atoms with E-state index in [1.807, 2.05) is 0 Å². The molecular formula is C11H21NO. The Hall–Kier alpha value is -0.0800. The van der Waals surface area contributed by atoms with E-state index in [-0.39, 0.29) is 0 Å².